The van der Waals surface area contributed by atoms with Gasteiger partial charge in [-0.2, -0.15) is 0 Å². The van der Waals surface area contributed by atoms with Crippen LogP contribution in [0.4, 0.5) is 5.69 Å². The lowest BCUT2D eigenvalue weighted by molar-refractivity contribution is -0.135. The average molecular weight is 203 g/mol. The van der Waals surface area contributed by atoms with Crippen LogP contribution in [-0.2, 0) is 4.79 Å². The van der Waals surface area contributed by atoms with Crippen molar-refractivity contribution in [2.75, 3.05) is 19.0 Å². The second-order valence-corrected chi connectivity index (χ2v) is 3.32. The normalized spacial score (nSPS) is 8.93. The summed E-state index contributed by atoms with van der Waals surface area (Å²) in [4.78, 5) is 12.2. The third-order valence-corrected chi connectivity index (χ3v) is 1.83. The van der Waals surface area contributed by atoms with Crippen molar-refractivity contribution in [1.82, 2.24) is 0 Å². The van der Waals surface area contributed by atoms with Crippen molar-refractivity contribution in [3.05, 3.63) is 29.8 Å². The van der Waals surface area contributed by atoms with E-state index in [-0.39, 0.29) is 6.42 Å². The predicted molar refractivity (Wildman–Crippen MR) is 59.9 cm³/mol. The number of rotatable bonds is 2. The van der Waals surface area contributed by atoms with Gasteiger partial charge in [0.2, 0.25) is 0 Å². The van der Waals surface area contributed by atoms with E-state index in [9.17, 15) is 4.79 Å². The lowest BCUT2D eigenvalue weighted by Crippen LogP contribution is -2.08. The van der Waals surface area contributed by atoms with Gasteiger partial charge in [-0.25, -0.2) is 0 Å². The van der Waals surface area contributed by atoms with E-state index >= 15 is 0 Å². The van der Waals surface area contributed by atoms with E-state index in [4.69, 9.17) is 5.11 Å². The molecule has 1 aromatic rings. The highest BCUT2D eigenvalue weighted by Crippen LogP contribution is 2.12. The van der Waals surface area contributed by atoms with Crippen molar-refractivity contribution in [2.45, 2.75) is 6.42 Å². The molecule has 0 aliphatic carbocycles. The van der Waals surface area contributed by atoms with Crippen LogP contribution < -0.4 is 4.90 Å². The topological polar surface area (TPSA) is 40.5 Å². The van der Waals surface area contributed by atoms with Gasteiger partial charge in [0.15, 0.2) is 0 Å². The number of hydrogen-bond acceptors (Lipinski definition) is 2. The van der Waals surface area contributed by atoms with Gasteiger partial charge in [0.05, 0.1) is 0 Å². The van der Waals surface area contributed by atoms with Gasteiger partial charge < -0.3 is 10.0 Å². The monoisotopic (exact) mass is 203 g/mol. The fraction of sp³-hybridized carbons (Fsp3) is 0.250. The van der Waals surface area contributed by atoms with Crippen LogP contribution in [-0.4, -0.2) is 25.2 Å². The minimum Gasteiger partial charge on any atom is -0.481 e. The summed E-state index contributed by atoms with van der Waals surface area (Å²) in [5.41, 5.74) is 1.89. The molecule has 0 fully saturated rings. The van der Waals surface area contributed by atoms with Crippen LogP contribution in [0.3, 0.4) is 0 Å². The van der Waals surface area contributed by atoms with E-state index in [0.717, 1.165) is 11.3 Å². The molecule has 3 heteroatoms. The Kier molecular flexibility index (Phi) is 3.75. The predicted octanol–water partition coefficient (Wildman–Crippen LogP) is 1.58. The maximum atomic E-state index is 10.3. The van der Waals surface area contributed by atoms with Crippen molar-refractivity contribution in [3.63, 3.8) is 0 Å². The first-order valence-electron chi connectivity index (χ1n) is 4.57. The molecule has 0 amide bonds. The third-order valence-electron chi connectivity index (χ3n) is 1.83. The number of benzene rings is 1. The standard InChI is InChI=1S/C12H13NO2/c1-13(2)11-7-3-5-10(9-11)6-4-8-12(14)15/h3,5,7,9H,8H2,1-2H3,(H,14,15). The van der Waals surface area contributed by atoms with Gasteiger partial charge in [-0.05, 0) is 18.2 Å². The third kappa shape index (κ3) is 3.74. The highest BCUT2D eigenvalue weighted by molar-refractivity contribution is 5.70. The van der Waals surface area contributed by atoms with Crippen LogP contribution in [0.5, 0.6) is 0 Å². The van der Waals surface area contributed by atoms with Crippen LogP contribution >= 0.6 is 0 Å². The lowest BCUT2D eigenvalue weighted by Gasteiger charge is -2.11. The van der Waals surface area contributed by atoms with Gasteiger partial charge in [-0.1, -0.05) is 17.9 Å². The van der Waals surface area contributed by atoms with Crippen molar-refractivity contribution in [3.8, 4) is 11.8 Å². The Bertz CT molecular complexity index is 413. The zero-order valence-corrected chi connectivity index (χ0v) is 8.82. The van der Waals surface area contributed by atoms with Gasteiger partial charge in [0.1, 0.15) is 6.42 Å². The summed E-state index contributed by atoms with van der Waals surface area (Å²) in [6, 6.07) is 7.67. The van der Waals surface area contributed by atoms with Crippen LogP contribution in [0.15, 0.2) is 24.3 Å². The first-order valence-corrected chi connectivity index (χ1v) is 4.57. The summed E-state index contributed by atoms with van der Waals surface area (Å²) in [6.07, 6.45) is -0.119. The molecular weight excluding hydrogens is 190 g/mol. The number of aliphatic carboxylic acids is 1. The molecule has 0 saturated heterocycles. The number of hydrogen-bond donors (Lipinski definition) is 1. The molecule has 1 rings (SSSR count). The molecule has 0 aromatic heterocycles. The van der Waals surface area contributed by atoms with Crippen LogP contribution in [0, 0.1) is 11.8 Å². The molecule has 3 nitrogen and oxygen atoms in total. The second kappa shape index (κ2) is 5.06. The number of anilines is 1. The molecule has 0 spiro atoms. The fourth-order valence-electron chi connectivity index (χ4n) is 1.08. The Hall–Kier alpha value is -1.95. The first kappa shape index (κ1) is 11.1. The lowest BCUT2D eigenvalue weighted by atomic mass is 10.2. The zero-order chi connectivity index (χ0) is 11.3. The van der Waals surface area contributed by atoms with E-state index in [2.05, 4.69) is 11.8 Å². The molecule has 0 aliphatic heterocycles. The highest BCUT2D eigenvalue weighted by atomic mass is 16.4. The summed E-state index contributed by atoms with van der Waals surface area (Å²) in [5, 5.41) is 8.42. The maximum absolute atomic E-state index is 10.3. The largest absolute Gasteiger partial charge is 0.481 e. The van der Waals surface area contributed by atoms with Gasteiger partial charge in [0, 0.05) is 25.3 Å². The Morgan fingerprint density at radius 3 is 2.80 bits per heavy atom. The van der Waals surface area contributed by atoms with Crippen LogP contribution in [0.25, 0.3) is 0 Å². The summed E-state index contributed by atoms with van der Waals surface area (Å²) in [6.45, 7) is 0. The Labute approximate surface area is 89.3 Å². The molecule has 78 valence electrons. The zero-order valence-electron chi connectivity index (χ0n) is 8.82. The number of carbonyl (C=O) groups is 1. The molecule has 1 aromatic carbocycles. The molecule has 0 bridgehead atoms. The molecular formula is C12H13NO2. The Balaban J connectivity index is 2.80. The maximum Gasteiger partial charge on any atom is 0.315 e. The minimum atomic E-state index is -0.897. The van der Waals surface area contributed by atoms with Gasteiger partial charge in [0.25, 0.3) is 0 Å². The van der Waals surface area contributed by atoms with E-state index < -0.39 is 5.97 Å². The van der Waals surface area contributed by atoms with Crippen LogP contribution in [0.2, 0.25) is 0 Å². The van der Waals surface area contributed by atoms with E-state index in [1.165, 1.54) is 0 Å². The molecule has 0 saturated carbocycles. The van der Waals surface area contributed by atoms with Crippen molar-refractivity contribution in [1.29, 1.82) is 0 Å². The average Bonchev–Trinajstić information content (AvgIpc) is 2.17. The molecule has 0 atom stereocenters. The van der Waals surface area contributed by atoms with Crippen molar-refractivity contribution < 1.29 is 9.90 Å². The van der Waals surface area contributed by atoms with E-state index in [1.54, 1.807) is 0 Å². The molecule has 0 aliphatic rings. The summed E-state index contributed by atoms with van der Waals surface area (Å²) in [7, 11) is 3.90. The van der Waals surface area contributed by atoms with E-state index in [0.29, 0.717) is 0 Å². The number of carboxylic acids is 1. The molecule has 0 radical (unpaired) electrons. The van der Waals surface area contributed by atoms with Crippen molar-refractivity contribution in [2.24, 2.45) is 0 Å². The van der Waals surface area contributed by atoms with Gasteiger partial charge in [-0.3, -0.25) is 4.79 Å². The van der Waals surface area contributed by atoms with E-state index in [1.807, 2.05) is 43.3 Å². The minimum absolute atomic E-state index is 0.119. The fourth-order valence-corrected chi connectivity index (χ4v) is 1.08. The summed E-state index contributed by atoms with van der Waals surface area (Å²) < 4.78 is 0. The molecule has 15 heavy (non-hydrogen) atoms. The quantitative estimate of drug-likeness (QED) is 0.742. The molecule has 0 unspecified atom stereocenters. The van der Waals surface area contributed by atoms with Crippen molar-refractivity contribution >= 4 is 11.7 Å². The first-order chi connectivity index (χ1) is 7.09. The summed E-state index contributed by atoms with van der Waals surface area (Å²) >= 11 is 0. The second-order valence-electron chi connectivity index (χ2n) is 3.32. The number of nitrogens with zero attached hydrogens (tertiary/aromatic N) is 1. The molecule has 0 heterocycles. The SMILES string of the molecule is CN(C)c1cccc(C#CCC(=O)O)c1. The van der Waals surface area contributed by atoms with Gasteiger partial charge in [-0.15, -0.1) is 0 Å². The van der Waals surface area contributed by atoms with Crippen LogP contribution in [0.1, 0.15) is 12.0 Å². The number of carboxylic acid groups (broad SMARTS) is 1. The Morgan fingerprint density at radius 2 is 2.20 bits per heavy atom. The summed E-state index contributed by atoms with van der Waals surface area (Å²) in [5.74, 6) is 4.52. The smallest absolute Gasteiger partial charge is 0.315 e. The Morgan fingerprint density at radius 1 is 1.47 bits per heavy atom. The van der Waals surface area contributed by atoms with Gasteiger partial charge >= 0.3 is 5.97 Å². The highest BCUT2D eigenvalue weighted by Gasteiger charge is 1.95. The molecule has 1 N–H and O–H groups in total.